The fourth-order valence-electron chi connectivity index (χ4n) is 2.81. The van der Waals surface area contributed by atoms with Crippen LogP contribution in [0.25, 0.3) is 0 Å². The number of carbonyl (C=O) groups is 2. The summed E-state index contributed by atoms with van der Waals surface area (Å²) >= 11 is 0. The first-order valence-electron chi connectivity index (χ1n) is 8.58. The van der Waals surface area contributed by atoms with Crippen LogP contribution < -0.4 is 10.6 Å². The van der Waals surface area contributed by atoms with Crippen LogP contribution in [0.1, 0.15) is 56.2 Å². The Balaban J connectivity index is 2.13. The van der Waals surface area contributed by atoms with Gasteiger partial charge < -0.3 is 15.2 Å². The molecule has 0 saturated heterocycles. The third kappa shape index (κ3) is 4.71. The monoisotopic (exact) mass is 345 g/mol. The largest absolute Gasteiger partial charge is 0.348 e. The van der Waals surface area contributed by atoms with Gasteiger partial charge in [-0.2, -0.15) is 5.10 Å². The van der Waals surface area contributed by atoms with Crippen molar-refractivity contribution in [2.75, 3.05) is 5.32 Å². The molecular formula is C18H27N5O2. The minimum Gasteiger partial charge on any atom is -0.348 e. The molecule has 0 spiro atoms. The van der Waals surface area contributed by atoms with E-state index in [1.165, 1.54) is 0 Å². The molecule has 0 aliphatic heterocycles. The van der Waals surface area contributed by atoms with Crippen LogP contribution in [0.4, 0.5) is 5.82 Å². The van der Waals surface area contributed by atoms with Crippen LogP contribution in [0, 0.1) is 12.8 Å². The third-order valence-electron chi connectivity index (χ3n) is 4.07. The lowest BCUT2D eigenvalue weighted by molar-refractivity contribution is -0.118. The van der Waals surface area contributed by atoms with Crippen molar-refractivity contribution in [2.45, 2.75) is 53.1 Å². The van der Waals surface area contributed by atoms with Crippen molar-refractivity contribution in [3.05, 3.63) is 35.8 Å². The second kappa shape index (κ2) is 8.00. The van der Waals surface area contributed by atoms with Crippen molar-refractivity contribution in [3.63, 3.8) is 0 Å². The van der Waals surface area contributed by atoms with Gasteiger partial charge in [0.15, 0.2) is 0 Å². The molecule has 0 aliphatic rings. The number of hydrogen-bond acceptors (Lipinski definition) is 3. The van der Waals surface area contributed by atoms with Crippen molar-refractivity contribution in [1.29, 1.82) is 0 Å². The first-order chi connectivity index (χ1) is 11.8. The van der Waals surface area contributed by atoms with E-state index in [2.05, 4.69) is 34.7 Å². The Hall–Kier alpha value is -2.57. The zero-order valence-electron chi connectivity index (χ0n) is 15.5. The van der Waals surface area contributed by atoms with Gasteiger partial charge in [0.1, 0.15) is 11.9 Å². The molecule has 0 saturated carbocycles. The third-order valence-corrected chi connectivity index (χ3v) is 4.07. The minimum absolute atomic E-state index is 0.234. The van der Waals surface area contributed by atoms with Gasteiger partial charge in [-0.15, -0.1) is 0 Å². The van der Waals surface area contributed by atoms with Gasteiger partial charge >= 0.3 is 0 Å². The van der Waals surface area contributed by atoms with Gasteiger partial charge in [-0.1, -0.05) is 13.8 Å². The minimum atomic E-state index is -0.613. The number of aromatic amines is 1. The summed E-state index contributed by atoms with van der Waals surface area (Å²) in [6.45, 7) is 10.1. The Morgan fingerprint density at radius 3 is 2.48 bits per heavy atom. The number of nitrogens with one attached hydrogen (secondary N) is 3. The Morgan fingerprint density at radius 2 is 1.96 bits per heavy atom. The summed E-state index contributed by atoms with van der Waals surface area (Å²) in [5.41, 5.74) is 1.49. The highest BCUT2D eigenvalue weighted by Gasteiger charge is 2.24. The van der Waals surface area contributed by atoms with Gasteiger partial charge in [0.05, 0.1) is 11.8 Å². The molecule has 2 rings (SSSR count). The van der Waals surface area contributed by atoms with E-state index < -0.39 is 6.04 Å². The highest BCUT2D eigenvalue weighted by molar-refractivity contribution is 6.01. The molecule has 7 nitrogen and oxygen atoms in total. The summed E-state index contributed by atoms with van der Waals surface area (Å²) in [4.78, 5) is 25.2. The molecule has 0 bridgehead atoms. The molecule has 136 valence electrons. The maximum absolute atomic E-state index is 12.7. The maximum Gasteiger partial charge on any atom is 0.253 e. The number of nitrogens with zero attached hydrogens (tertiary/aromatic N) is 2. The number of hydrogen-bond donors (Lipinski definition) is 3. The average molecular weight is 345 g/mol. The van der Waals surface area contributed by atoms with Gasteiger partial charge in [-0.25, -0.2) is 0 Å². The molecule has 3 N–H and O–H groups in total. The first kappa shape index (κ1) is 18.8. The zero-order valence-corrected chi connectivity index (χ0v) is 15.5. The molecule has 2 aromatic heterocycles. The van der Waals surface area contributed by atoms with E-state index in [0.29, 0.717) is 17.8 Å². The standard InChI is InChI=1S/C18H27N5O2/c1-11(2)10-15(18(25)21-16-6-8-19-22-16)20-17(24)14-7-9-23(12(3)4)13(14)5/h6-9,11-12,15H,10H2,1-5H3,(H,20,24)(H2,19,21,22,25). The van der Waals surface area contributed by atoms with Gasteiger partial charge in [-0.3, -0.25) is 14.7 Å². The van der Waals surface area contributed by atoms with Gasteiger partial charge in [-0.05, 0) is 39.2 Å². The Bertz CT molecular complexity index is 716. The molecule has 1 unspecified atom stereocenters. The lowest BCUT2D eigenvalue weighted by Crippen LogP contribution is -2.44. The van der Waals surface area contributed by atoms with Crippen LogP contribution in [0.15, 0.2) is 24.5 Å². The summed E-state index contributed by atoms with van der Waals surface area (Å²) in [6.07, 6.45) is 4.01. The summed E-state index contributed by atoms with van der Waals surface area (Å²) in [7, 11) is 0. The van der Waals surface area contributed by atoms with E-state index in [1.807, 2.05) is 31.5 Å². The van der Waals surface area contributed by atoms with Crippen molar-refractivity contribution in [3.8, 4) is 0 Å². The summed E-state index contributed by atoms with van der Waals surface area (Å²) in [5.74, 6) is 0.281. The quantitative estimate of drug-likeness (QED) is 0.720. The molecule has 25 heavy (non-hydrogen) atoms. The fourth-order valence-corrected chi connectivity index (χ4v) is 2.81. The number of aromatic nitrogens is 3. The number of anilines is 1. The Morgan fingerprint density at radius 1 is 1.24 bits per heavy atom. The molecule has 1 atom stereocenters. The summed E-state index contributed by atoms with van der Waals surface area (Å²) in [5, 5.41) is 12.1. The SMILES string of the molecule is Cc1c(C(=O)NC(CC(C)C)C(=O)Nc2ccn[nH]2)ccn1C(C)C. The van der Waals surface area contributed by atoms with E-state index in [1.54, 1.807) is 18.3 Å². The number of carbonyl (C=O) groups excluding carboxylic acids is 2. The van der Waals surface area contributed by atoms with Crippen LogP contribution in [-0.4, -0.2) is 32.6 Å². The number of rotatable bonds is 7. The summed E-state index contributed by atoms with van der Waals surface area (Å²) in [6, 6.07) is 3.12. The summed E-state index contributed by atoms with van der Waals surface area (Å²) < 4.78 is 2.04. The molecule has 0 aliphatic carbocycles. The second-order valence-electron chi connectivity index (χ2n) is 6.93. The van der Waals surface area contributed by atoms with Crippen LogP contribution in [0.5, 0.6) is 0 Å². The lowest BCUT2D eigenvalue weighted by Gasteiger charge is -2.20. The number of H-pyrrole nitrogens is 1. The van der Waals surface area contributed by atoms with Gasteiger partial charge in [0.2, 0.25) is 5.91 Å². The van der Waals surface area contributed by atoms with Crippen molar-refractivity contribution in [2.24, 2.45) is 5.92 Å². The molecule has 2 aromatic rings. The predicted molar refractivity (Wildman–Crippen MR) is 97.5 cm³/mol. The van der Waals surface area contributed by atoms with Crippen LogP contribution in [0.2, 0.25) is 0 Å². The predicted octanol–water partition coefficient (Wildman–Crippen LogP) is 2.88. The van der Waals surface area contributed by atoms with E-state index in [9.17, 15) is 9.59 Å². The second-order valence-corrected chi connectivity index (χ2v) is 6.93. The maximum atomic E-state index is 12.7. The molecule has 2 amide bonds. The smallest absolute Gasteiger partial charge is 0.253 e. The van der Waals surface area contributed by atoms with Crippen molar-refractivity contribution in [1.82, 2.24) is 20.1 Å². The van der Waals surface area contributed by atoms with E-state index in [4.69, 9.17) is 0 Å². The highest BCUT2D eigenvalue weighted by Crippen LogP contribution is 2.16. The highest BCUT2D eigenvalue weighted by atomic mass is 16.2. The fraction of sp³-hybridized carbons (Fsp3) is 0.500. The van der Waals surface area contributed by atoms with Crippen LogP contribution in [0.3, 0.4) is 0 Å². The van der Waals surface area contributed by atoms with Crippen LogP contribution in [-0.2, 0) is 4.79 Å². The molecule has 7 heteroatoms. The topological polar surface area (TPSA) is 91.8 Å². The van der Waals surface area contributed by atoms with E-state index in [0.717, 1.165) is 5.69 Å². The van der Waals surface area contributed by atoms with E-state index in [-0.39, 0.29) is 23.8 Å². The normalized spacial score (nSPS) is 12.4. The molecule has 0 radical (unpaired) electrons. The molecule has 0 fully saturated rings. The zero-order chi connectivity index (χ0) is 18.6. The molecular weight excluding hydrogens is 318 g/mol. The molecule has 0 aromatic carbocycles. The van der Waals surface area contributed by atoms with Crippen molar-refractivity contribution < 1.29 is 9.59 Å². The van der Waals surface area contributed by atoms with Crippen LogP contribution >= 0.6 is 0 Å². The number of amides is 2. The first-order valence-corrected chi connectivity index (χ1v) is 8.58. The average Bonchev–Trinajstić information content (AvgIpc) is 3.15. The Labute approximate surface area is 148 Å². The van der Waals surface area contributed by atoms with Crippen molar-refractivity contribution >= 4 is 17.6 Å². The molecule has 2 heterocycles. The van der Waals surface area contributed by atoms with Gasteiger partial charge in [0.25, 0.3) is 5.91 Å². The van der Waals surface area contributed by atoms with E-state index >= 15 is 0 Å². The van der Waals surface area contributed by atoms with Gasteiger partial charge in [0, 0.05) is 24.0 Å². The lowest BCUT2D eigenvalue weighted by atomic mass is 10.0. The Kier molecular flexibility index (Phi) is 6.01.